The fourth-order valence-electron chi connectivity index (χ4n) is 2.42. The lowest BCUT2D eigenvalue weighted by atomic mass is 10.1. The van der Waals surface area contributed by atoms with E-state index in [2.05, 4.69) is 19.2 Å². The van der Waals surface area contributed by atoms with E-state index in [1.54, 1.807) is 4.31 Å². The minimum Gasteiger partial charge on any atom is -0.313 e. The van der Waals surface area contributed by atoms with E-state index >= 15 is 0 Å². The van der Waals surface area contributed by atoms with Crippen LogP contribution in [0.4, 0.5) is 0 Å². The zero-order chi connectivity index (χ0) is 13.8. The molecule has 108 valence electrons. The fraction of sp³-hybridized carbons (Fsp3) is 1.00. The highest BCUT2D eigenvalue weighted by molar-refractivity contribution is 7.89. The third-order valence-electron chi connectivity index (χ3n) is 3.30. The first kappa shape index (κ1) is 15.9. The van der Waals surface area contributed by atoms with Crippen molar-refractivity contribution in [2.24, 2.45) is 5.92 Å². The molecule has 0 spiro atoms. The summed E-state index contributed by atoms with van der Waals surface area (Å²) in [5.74, 6) is 0.610. The van der Waals surface area contributed by atoms with Crippen molar-refractivity contribution in [2.45, 2.75) is 59.0 Å². The van der Waals surface area contributed by atoms with E-state index in [1.807, 2.05) is 13.8 Å². The average molecular weight is 276 g/mol. The Labute approximate surface area is 112 Å². The molecule has 0 aromatic carbocycles. The highest BCUT2D eigenvalue weighted by atomic mass is 32.2. The lowest BCUT2D eigenvalue weighted by Crippen LogP contribution is -2.47. The maximum atomic E-state index is 12.5. The fourth-order valence-corrected chi connectivity index (χ4v) is 4.57. The Morgan fingerprint density at radius 1 is 1.22 bits per heavy atom. The van der Waals surface area contributed by atoms with Gasteiger partial charge in [-0.15, -0.1) is 0 Å². The molecule has 1 N–H and O–H groups in total. The van der Waals surface area contributed by atoms with Gasteiger partial charge >= 0.3 is 0 Å². The van der Waals surface area contributed by atoms with Gasteiger partial charge < -0.3 is 5.32 Å². The lowest BCUT2D eigenvalue weighted by Gasteiger charge is -2.31. The number of hydrogen-bond acceptors (Lipinski definition) is 3. The molecule has 1 rings (SSSR count). The van der Waals surface area contributed by atoms with Crippen LogP contribution in [0.25, 0.3) is 0 Å². The van der Waals surface area contributed by atoms with Crippen LogP contribution in [-0.4, -0.2) is 43.6 Å². The molecule has 1 unspecified atom stereocenters. The summed E-state index contributed by atoms with van der Waals surface area (Å²) in [5.41, 5.74) is 0. The second-order valence-electron chi connectivity index (χ2n) is 5.98. The number of nitrogens with one attached hydrogen (secondary N) is 1. The van der Waals surface area contributed by atoms with Gasteiger partial charge in [-0.3, -0.25) is 0 Å². The molecule has 18 heavy (non-hydrogen) atoms. The van der Waals surface area contributed by atoms with Gasteiger partial charge in [-0.05, 0) is 39.2 Å². The number of hydrogen-bond donors (Lipinski definition) is 1. The molecule has 1 aliphatic rings. The molecule has 1 saturated heterocycles. The van der Waals surface area contributed by atoms with E-state index in [1.165, 1.54) is 0 Å². The van der Waals surface area contributed by atoms with Crippen molar-refractivity contribution in [2.75, 3.05) is 18.8 Å². The van der Waals surface area contributed by atoms with E-state index in [0.29, 0.717) is 12.5 Å². The monoisotopic (exact) mass is 276 g/mol. The Morgan fingerprint density at radius 3 is 2.33 bits per heavy atom. The molecule has 0 aromatic rings. The van der Waals surface area contributed by atoms with Gasteiger partial charge in [0.05, 0.1) is 5.75 Å². The first-order valence-corrected chi connectivity index (χ1v) is 8.66. The van der Waals surface area contributed by atoms with Crippen molar-refractivity contribution >= 4 is 10.0 Å². The van der Waals surface area contributed by atoms with Gasteiger partial charge in [0.25, 0.3) is 0 Å². The molecule has 1 heterocycles. The predicted molar refractivity (Wildman–Crippen MR) is 76.1 cm³/mol. The molecule has 0 bridgehead atoms. The molecule has 1 aliphatic heterocycles. The van der Waals surface area contributed by atoms with E-state index in [4.69, 9.17) is 0 Å². The Morgan fingerprint density at radius 2 is 1.89 bits per heavy atom. The number of sulfonamides is 1. The molecule has 5 heteroatoms. The van der Waals surface area contributed by atoms with Crippen molar-refractivity contribution in [1.29, 1.82) is 0 Å². The van der Waals surface area contributed by atoms with Crippen LogP contribution in [0.3, 0.4) is 0 Å². The van der Waals surface area contributed by atoms with Gasteiger partial charge in [0.15, 0.2) is 0 Å². The number of rotatable bonds is 6. The normalized spacial score (nSPS) is 22.1. The van der Waals surface area contributed by atoms with Crippen LogP contribution in [-0.2, 0) is 10.0 Å². The summed E-state index contributed by atoms with van der Waals surface area (Å²) < 4.78 is 26.6. The van der Waals surface area contributed by atoms with Crippen molar-refractivity contribution in [3.8, 4) is 0 Å². The van der Waals surface area contributed by atoms with Crippen molar-refractivity contribution in [3.63, 3.8) is 0 Å². The van der Waals surface area contributed by atoms with Crippen molar-refractivity contribution in [1.82, 2.24) is 9.62 Å². The Kier molecular flexibility index (Phi) is 6.08. The third-order valence-corrected chi connectivity index (χ3v) is 5.41. The van der Waals surface area contributed by atoms with Crippen molar-refractivity contribution < 1.29 is 8.42 Å². The maximum absolute atomic E-state index is 12.5. The third kappa shape index (κ3) is 4.86. The zero-order valence-corrected chi connectivity index (χ0v) is 13.0. The minimum atomic E-state index is -3.15. The molecular formula is C13H28N2O2S. The largest absolute Gasteiger partial charge is 0.313 e. The topological polar surface area (TPSA) is 49.4 Å². The molecule has 0 radical (unpaired) electrons. The molecule has 4 nitrogen and oxygen atoms in total. The molecular weight excluding hydrogens is 248 g/mol. The van der Waals surface area contributed by atoms with Crippen LogP contribution >= 0.6 is 0 Å². The van der Waals surface area contributed by atoms with E-state index in [0.717, 1.165) is 25.8 Å². The molecule has 0 aliphatic carbocycles. The Hall–Kier alpha value is -0.130. The van der Waals surface area contributed by atoms with Gasteiger partial charge in [-0.2, -0.15) is 4.31 Å². The van der Waals surface area contributed by atoms with E-state index in [-0.39, 0.29) is 17.8 Å². The first-order valence-electron chi connectivity index (χ1n) is 7.06. The predicted octanol–water partition coefficient (Wildman–Crippen LogP) is 1.82. The summed E-state index contributed by atoms with van der Waals surface area (Å²) in [4.78, 5) is 0. The highest BCUT2D eigenvalue weighted by Crippen LogP contribution is 2.15. The molecule has 0 amide bonds. The number of piperidine rings is 1. The molecule has 1 atom stereocenters. The number of nitrogens with zero attached hydrogens (tertiary/aromatic N) is 1. The van der Waals surface area contributed by atoms with E-state index in [9.17, 15) is 8.42 Å². The standard InChI is InChI=1S/C13H28N2O2S/c1-11(2)9-15(12(3)4)18(16,17)10-13-7-5-6-8-14-13/h11-14H,5-10H2,1-4H3. The average Bonchev–Trinajstić information content (AvgIpc) is 2.26. The first-order chi connectivity index (χ1) is 8.33. The van der Waals surface area contributed by atoms with Crippen LogP contribution in [0.2, 0.25) is 0 Å². The highest BCUT2D eigenvalue weighted by Gasteiger charge is 2.29. The smallest absolute Gasteiger partial charge is 0.215 e. The SMILES string of the molecule is CC(C)CN(C(C)C)S(=O)(=O)CC1CCCCN1. The van der Waals surface area contributed by atoms with E-state index < -0.39 is 10.0 Å². The Bertz CT molecular complexity index is 333. The van der Waals surface area contributed by atoms with Crippen LogP contribution < -0.4 is 5.32 Å². The summed E-state index contributed by atoms with van der Waals surface area (Å²) in [6.07, 6.45) is 3.28. The molecule has 1 fully saturated rings. The summed E-state index contributed by atoms with van der Waals surface area (Å²) in [6, 6.07) is 0.179. The van der Waals surface area contributed by atoms with Crippen LogP contribution in [0.1, 0.15) is 47.0 Å². The summed E-state index contributed by atoms with van der Waals surface area (Å²) in [5, 5.41) is 3.32. The van der Waals surface area contributed by atoms with Crippen LogP contribution in [0.15, 0.2) is 0 Å². The maximum Gasteiger partial charge on any atom is 0.215 e. The van der Waals surface area contributed by atoms with Gasteiger partial charge in [0, 0.05) is 18.6 Å². The summed E-state index contributed by atoms with van der Waals surface area (Å²) >= 11 is 0. The minimum absolute atomic E-state index is 0.0426. The zero-order valence-electron chi connectivity index (χ0n) is 12.1. The molecule has 0 aromatic heterocycles. The lowest BCUT2D eigenvalue weighted by molar-refractivity contribution is 0.314. The van der Waals surface area contributed by atoms with Gasteiger partial charge in [-0.25, -0.2) is 8.42 Å². The second kappa shape index (κ2) is 6.87. The van der Waals surface area contributed by atoms with Crippen molar-refractivity contribution in [3.05, 3.63) is 0 Å². The van der Waals surface area contributed by atoms with Gasteiger partial charge in [0.1, 0.15) is 0 Å². The Balaban J connectivity index is 2.68. The quantitative estimate of drug-likeness (QED) is 0.805. The summed E-state index contributed by atoms with van der Waals surface area (Å²) in [6.45, 7) is 9.59. The van der Waals surface area contributed by atoms with Crippen LogP contribution in [0, 0.1) is 5.92 Å². The summed E-state index contributed by atoms with van der Waals surface area (Å²) in [7, 11) is -3.15. The molecule has 0 saturated carbocycles. The van der Waals surface area contributed by atoms with Gasteiger partial charge in [-0.1, -0.05) is 20.3 Å². The van der Waals surface area contributed by atoms with Crippen LogP contribution in [0.5, 0.6) is 0 Å². The second-order valence-corrected chi connectivity index (χ2v) is 7.95. The van der Waals surface area contributed by atoms with Gasteiger partial charge in [0.2, 0.25) is 10.0 Å².